The zero-order chi connectivity index (χ0) is 25.0. The first-order valence-electron chi connectivity index (χ1n) is 11.6. The first-order valence-corrected chi connectivity index (χ1v) is 13.0. The van der Waals surface area contributed by atoms with Crippen LogP contribution in [0.15, 0.2) is 65.6 Å². The highest BCUT2D eigenvalue weighted by Gasteiger charge is 2.28. The van der Waals surface area contributed by atoms with Gasteiger partial charge in [0.1, 0.15) is 6.54 Å². The van der Waals surface area contributed by atoms with Crippen LogP contribution in [0.2, 0.25) is 0 Å². The topological polar surface area (TPSA) is 66.5 Å². The van der Waals surface area contributed by atoms with E-state index >= 15 is 0 Å². The molecule has 3 aromatic carbocycles. The molecule has 0 aliphatic carbocycles. The van der Waals surface area contributed by atoms with Gasteiger partial charge in [0, 0.05) is 0 Å². The minimum absolute atomic E-state index is 0.159. The Balaban J connectivity index is 1.96. The summed E-state index contributed by atoms with van der Waals surface area (Å²) >= 11 is 0. The zero-order valence-corrected chi connectivity index (χ0v) is 21.7. The number of aryl methyl sites for hydroxylation is 5. The lowest BCUT2D eigenvalue weighted by atomic mass is 9.97. The molecule has 34 heavy (non-hydrogen) atoms. The maximum absolute atomic E-state index is 13.7. The first kappa shape index (κ1) is 25.5. The summed E-state index contributed by atoms with van der Waals surface area (Å²) in [4.78, 5) is 13.4. The average Bonchev–Trinajstić information content (AvgIpc) is 2.75. The zero-order valence-electron chi connectivity index (χ0n) is 20.8. The van der Waals surface area contributed by atoms with E-state index in [-0.39, 0.29) is 23.4 Å². The minimum atomic E-state index is -3.95. The lowest BCUT2D eigenvalue weighted by molar-refractivity contribution is -0.120. The van der Waals surface area contributed by atoms with Crippen molar-refractivity contribution in [2.24, 2.45) is 0 Å². The third kappa shape index (κ3) is 5.86. The van der Waals surface area contributed by atoms with E-state index in [0.29, 0.717) is 12.1 Å². The van der Waals surface area contributed by atoms with Crippen molar-refractivity contribution in [2.45, 2.75) is 58.9 Å². The van der Waals surface area contributed by atoms with Gasteiger partial charge < -0.3 is 5.32 Å². The predicted octanol–water partition coefficient (Wildman–Crippen LogP) is 5.69. The van der Waals surface area contributed by atoms with Gasteiger partial charge >= 0.3 is 0 Å². The number of nitrogens with one attached hydrogen (secondary N) is 1. The molecule has 5 nitrogen and oxygen atoms in total. The van der Waals surface area contributed by atoms with Gasteiger partial charge in [0.25, 0.3) is 10.0 Å². The molecule has 0 radical (unpaired) electrons. The van der Waals surface area contributed by atoms with Crippen molar-refractivity contribution in [2.75, 3.05) is 10.8 Å². The summed E-state index contributed by atoms with van der Waals surface area (Å²) in [6, 6.07) is 18.2. The van der Waals surface area contributed by atoms with Gasteiger partial charge in [0.2, 0.25) is 5.91 Å². The Kier molecular flexibility index (Phi) is 7.82. The molecule has 0 bridgehead atoms. The van der Waals surface area contributed by atoms with E-state index in [0.717, 1.165) is 33.4 Å². The highest BCUT2D eigenvalue weighted by atomic mass is 32.2. The van der Waals surface area contributed by atoms with Crippen molar-refractivity contribution < 1.29 is 13.2 Å². The third-order valence-corrected chi connectivity index (χ3v) is 7.72. The minimum Gasteiger partial charge on any atom is -0.348 e. The van der Waals surface area contributed by atoms with E-state index in [1.807, 2.05) is 59.7 Å². The summed E-state index contributed by atoms with van der Waals surface area (Å²) in [6.45, 7) is 11.5. The van der Waals surface area contributed by atoms with Gasteiger partial charge in [0.15, 0.2) is 0 Å². The van der Waals surface area contributed by atoms with Gasteiger partial charge in [-0.1, -0.05) is 54.4 Å². The van der Waals surface area contributed by atoms with E-state index in [1.165, 1.54) is 4.31 Å². The summed E-state index contributed by atoms with van der Waals surface area (Å²) < 4.78 is 28.5. The number of hydrogen-bond acceptors (Lipinski definition) is 3. The van der Waals surface area contributed by atoms with Crippen molar-refractivity contribution in [3.05, 3.63) is 94.0 Å². The van der Waals surface area contributed by atoms with Crippen molar-refractivity contribution in [1.82, 2.24) is 5.32 Å². The number of hydrogen-bond donors (Lipinski definition) is 1. The van der Waals surface area contributed by atoms with Crippen LogP contribution in [-0.4, -0.2) is 20.9 Å². The Morgan fingerprint density at radius 3 is 1.97 bits per heavy atom. The van der Waals surface area contributed by atoms with Crippen LogP contribution in [0.1, 0.15) is 52.8 Å². The summed E-state index contributed by atoms with van der Waals surface area (Å²) in [5.74, 6) is -0.346. The fraction of sp³-hybridized carbons (Fsp3) is 0.321. The Labute approximate surface area is 203 Å². The van der Waals surface area contributed by atoms with Crippen LogP contribution in [0.4, 0.5) is 5.69 Å². The van der Waals surface area contributed by atoms with Gasteiger partial charge in [-0.15, -0.1) is 0 Å². The van der Waals surface area contributed by atoms with Gasteiger partial charge in [-0.3, -0.25) is 9.10 Å². The number of amides is 1. The number of anilines is 1. The molecule has 1 N–H and O–H groups in total. The molecule has 6 heteroatoms. The lowest BCUT2D eigenvalue weighted by Gasteiger charge is -2.27. The third-order valence-electron chi connectivity index (χ3n) is 5.93. The van der Waals surface area contributed by atoms with E-state index < -0.39 is 10.0 Å². The molecule has 3 rings (SSSR count). The summed E-state index contributed by atoms with van der Waals surface area (Å²) in [5.41, 5.74) is 6.61. The maximum Gasteiger partial charge on any atom is 0.264 e. The SMILES string of the molecule is CCC(NC(=O)CN(c1cc(C)cc(C)c1)S(=O)(=O)c1ccc(C)cc1)c1ccc(C)cc1C. The van der Waals surface area contributed by atoms with Crippen LogP contribution in [0.3, 0.4) is 0 Å². The lowest BCUT2D eigenvalue weighted by Crippen LogP contribution is -2.42. The second-order valence-corrected chi connectivity index (χ2v) is 10.9. The van der Waals surface area contributed by atoms with Crippen LogP contribution in [0.25, 0.3) is 0 Å². The quantitative estimate of drug-likeness (QED) is 0.452. The molecule has 180 valence electrons. The number of rotatable bonds is 8. The number of carbonyl (C=O) groups excluding carboxylic acids is 1. The standard InChI is InChI=1S/C28H34N2O3S/c1-7-27(26-13-10-20(3)15-23(26)6)29-28(31)18-30(24-16-21(4)14-22(5)17-24)34(32,33)25-11-8-19(2)9-12-25/h8-17,27H,7,18H2,1-6H3,(H,29,31). The Morgan fingerprint density at radius 1 is 0.824 bits per heavy atom. The van der Waals surface area contributed by atoms with Crippen LogP contribution in [0, 0.1) is 34.6 Å². The number of nitrogens with zero attached hydrogens (tertiary/aromatic N) is 1. The van der Waals surface area contributed by atoms with Crippen LogP contribution < -0.4 is 9.62 Å². The van der Waals surface area contributed by atoms with Crippen molar-refractivity contribution in [3.8, 4) is 0 Å². The molecule has 0 aliphatic heterocycles. The van der Waals surface area contributed by atoms with E-state index in [2.05, 4.69) is 11.4 Å². The molecule has 1 atom stereocenters. The molecular weight excluding hydrogens is 444 g/mol. The second kappa shape index (κ2) is 10.4. The molecule has 3 aromatic rings. The summed E-state index contributed by atoms with van der Waals surface area (Å²) in [6.07, 6.45) is 0.698. The highest BCUT2D eigenvalue weighted by Crippen LogP contribution is 2.27. The van der Waals surface area contributed by atoms with E-state index in [9.17, 15) is 13.2 Å². The smallest absolute Gasteiger partial charge is 0.264 e. The van der Waals surface area contributed by atoms with Crippen molar-refractivity contribution in [3.63, 3.8) is 0 Å². The fourth-order valence-corrected chi connectivity index (χ4v) is 5.64. The van der Waals surface area contributed by atoms with Crippen molar-refractivity contribution >= 4 is 21.6 Å². The molecule has 0 spiro atoms. The first-order chi connectivity index (χ1) is 16.0. The Hall–Kier alpha value is -3.12. The predicted molar refractivity (Wildman–Crippen MR) is 139 cm³/mol. The second-order valence-electron chi connectivity index (χ2n) is 9.06. The molecule has 1 unspecified atom stereocenters. The van der Waals surface area contributed by atoms with E-state index in [1.54, 1.807) is 36.4 Å². The number of benzene rings is 3. The average molecular weight is 479 g/mol. The monoisotopic (exact) mass is 478 g/mol. The number of sulfonamides is 1. The van der Waals surface area contributed by atoms with Crippen LogP contribution in [-0.2, 0) is 14.8 Å². The van der Waals surface area contributed by atoms with Gasteiger partial charge in [-0.05, 0) is 87.6 Å². The molecule has 0 heterocycles. The summed E-state index contributed by atoms with van der Waals surface area (Å²) in [7, 11) is -3.95. The highest BCUT2D eigenvalue weighted by molar-refractivity contribution is 7.92. The van der Waals surface area contributed by atoms with Crippen LogP contribution >= 0.6 is 0 Å². The number of carbonyl (C=O) groups is 1. The van der Waals surface area contributed by atoms with Gasteiger partial charge in [0.05, 0.1) is 16.6 Å². The molecule has 0 saturated heterocycles. The maximum atomic E-state index is 13.7. The summed E-state index contributed by atoms with van der Waals surface area (Å²) in [5, 5.41) is 3.06. The van der Waals surface area contributed by atoms with Crippen LogP contribution in [0.5, 0.6) is 0 Å². The van der Waals surface area contributed by atoms with Gasteiger partial charge in [-0.2, -0.15) is 0 Å². The molecular formula is C28H34N2O3S. The molecule has 0 aromatic heterocycles. The fourth-order valence-electron chi connectivity index (χ4n) is 4.23. The Bertz CT molecular complexity index is 1260. The molecule has 1 amide bonds. The molecule has 0 saturated carbocycles. The largest absolute Gasteiger partial charge is 0.348 e. The Morgan fingerprint density at radius 2 is 1.41 bits per heavy atom. The normalized spacial score (nSPS) is 12.3. The van der Waals surface area contributed by atoms with Gasteiger partial charge in [-0.25, -0.2) is 8.42 Å². The molecule has 0 fully saturated rings. The van der Waals surface area contributed by atoms with Crippen molar-refractivity contribution in [1.29, 1.82) is 0 Å². The molecule has 0 aliphatic rings. The van der Waals surface area contributed by atoms with E-state index in [4.69, 9.17) is 0 Å².